The SMILES string of the molecule is CO[C@]1(CNC(=O)CCc2cccc(Cl)c2)CCSC1. The molecule has 2 rings (SSSR count). The van der Waals surface area contributed by atoms with Gasteiger partial charge in [0.15, 0.2) is 0 Å². The van der Waals surface area contributed by atoms with E-state index in [4.69, 9.17) is 16.3 Å². The minimum atomic E-state index is -0.170. The van der Waals surface area contributed by atoms with E-state index in [2.05, 4.69) is 5.32 Å². The van der Waals surface area contributed by atoms with Gasteiger partial charge in [0, 0.05) is 30.9 Å². The number of methoxy groups -OCH3 is 1. The number of carbonyl (C=O) groups excluding carboxylic acids is 1. The van der Waals surface area contributed by atoms with Gasteiger partial charge in [0.1, 0.15) is 0 Å². The third-order valence-electron chi connectivity index (χ3n) is 3.64. The summed E-state index contributed by atoms with van der Waals surface area (Å²) in [4.78, 5) is 11.9. The van der Waals surface area contributed by atoms with E-state index in [0.717, 1.165) is 23.5 Å². The van der Waals surface area contributed by atoms with Crippen molar-refractivity contribution in [2.75, 3.05) is 25.2 Å². The summed E-state index contributed by atoms with van der Waals surface area (Å²) in [5, 5.41) is 3.70. The third kappa shape index (κ3) is 4.40. The quantitative estimate of drug-likeness (QED) is 0.877. The van der Waals surface area contributed by atoms with Crippen molar-refractivity contribution in [3.8, 4) is 0 Å². The lowest BCUT2D eigenvalue weighted by atomic mass is 10.0. The lowest BCUT2D eigenvalue weighted by Gasteiger charge is -2.26. The van der Waals surface area contributed by atoms with Gasteiger partial charge in [-0.05, 0) is 36.3 Å². The molecule has 1 aromatic rings. The molecule has 3 nitrogen and oxygen atoms in total. The monoisotopic (exact) mass is 313 g/mol. The summed E-state index contributed by atoms with van der Waals surface area (Å²) in [5.41, 5.74) is 0.918. The maximum atomic E-state index is 11.9. The van der Waals surface area contributed by atoms with Crippen LogP contribution >= 0.6 is 23.4 Å². The second-order valence-corrected chi connectivity index (χ2v) is 6.64. The fourth-order valence-corrected chi connectivity index (χ4v) is 3.87. The summed E-state index contributed by atoms with van der Waals surface area (Å²) in [6.45, 7) is 0.602. The maximum absolute atomic E-state index is 11.9. The summed E-state index contributed by atoms with van der Waals surface area (Å²) >= 11 is 7.80. The van der Waals surface area contributed by atoms with Crippen molar-refractivity contribution in [1.82, 2.24) is 5.32 Å². The number of hydrogen-bond acceptors (Lipinski definition) is 3. The van der Waals surface area contributed by atoms with Crippen LogP contribution in [0.5, 0.6) is 0 Å². The lowest BCUT2D eigenvalue weighted by Crippen LogP contribution is -2.44. The van der Waals surface area contributed by atoms with Crippen LogP contribution in [0.1, 0.15) is 18.4 Å². The second-order valence-electron chi connectivity index (χ2n) is 5.10. The summed E-state index contributed by atoms with van der Waals surface area (Å²) in [6, 6.07) is 7.64. The van der Waals surface area contributed by atoms with E-state index < -0.39 is 0 Å². The fourth-order valence-electron chi connectivity index (χ4n) is 2.26. The molecule has 1 heterocycles. The van der Waals surface area contributed by atoms with Gasteiger partial charge in [-0.2, -0.15) is 11.8 Å². The van der Waals surface area contributed by atoms with E-state index in [1.165, 1.54) is 0 Å². The Bertz CT molecular complexity index is 461. The Hall–Kier alpha value is -0.710. The van der Waals surface area contributed by atoms with Gasteiger partial charge in [0.25, 0.3) is 0 Å². The first kappa shape index (κ1) is 15.7. The predicted octanol–water partition coefficient (Wildman–Crippen LogP) is 2.91. The van der Waals surface area contributed by atoms with Crippen molar-refractivity contribution in [2.24, 2.45) is 0 Å². The molecule has 0 radical (unpaired) electrons. The number of amides is 1. The first-order valence-corrected chi connectivity index (χ1v) is 8.31. The zero-order valence-corrected chi connectivity index (χ0v) is 13.2. The van der Waals surface area contributed by atoms with E-state index in [0.29, 0.717) is 24.4 Å². The molecule has 1 amide bonds. The van der Waals surface area contributed by atoms with E-state index in [9.17, 15) is 4.79 Å². The summed E-state index contributed by atoms with van der Waals surface area (Å²) in [7, 11) is 1.73. The highest BCUT2D eigenvalue weighted by atomic mass is 35.5. The number of thioether (sulfide) groups is 1. The average Bonchev–Trinajstić information content (AvgIpc) is 2.92. The van der Waals surface area contributed by atoms with Gasteiger partial charge < -0.3 is 10.1 Å². The molecule has 110 valence electrons. The molecule has 1 fully saturated rings. The number of rotatable bonds is 6. The van der Waals surface area contributed by atoms with Crippen molar-refractivity contribution < 1.29 is 9.53 Å². The van der Waals surface area contributed by atoms with Crippen LogP contribution in [-0.4, -0.2) is 36.7 Å². The Balaban J connectivity index is 1.75. The minimum absolute atomic E-state index is 0.0679. The zero-order valence-electron chi connectivity index (χ0n) is 11.7. The molecule has 0 saturated carbocycles. The molecule has 1 atom stereocenters. The molecule has 1 N–H and O–H groups in total. The van der Waals surface area contributed by atoms with Crippen LogP contribution in [-0.2, 0) is 16.0 Å². The Morgan fingerprint density at radius 3 is 3.05 bits per heavy atom. The van der Waals surface area contributed by atoms with Gasteiger partial charge in [-0.15, -0.1) is 0 Å². The normalized spacial score (nSPS) is 21.9. The predicted molar refractivity (Wildman–Crippen MR) is 84.5 cm³/mol. The zero-order chi connectivity index (χ0) is 14.4. The van der Waals surface area contributed by atoms with Crippen LogP contribution in [0.3, 0.4) is 0 Å². The number of aryl methyl sites for hydroxylation is 1. The van der Waals surface area contributed by atoms with Crippen molar-refractivity contribution in [3.05, 3.63) is 34.9 Å². The van der Waals surface area contributed by atoms with Gasteiger partial charge in [0.2, 0.25) is 5.91 Å². The molecular formula is C15H20ClNO2S. The molecule has 1 saturated heterocycles. The Morgan fingerprint density at radius 1 is 1.55 bits per heavy atom. The second kappa shape index (κ2) is 7.34. The highest BCUT2D eigenvalue weighted by molar-refractivity contribution is 7.99. The topological polar surface area (TPSA) is 38.3 Å². The van der Waals surface area contributed by atoms with Gasteiger partial charge in [-0.3, -0.25) is 4.79 Å². The molecule has 0 spiro atoms. The molecule has 0 aliphatic carbocycles. The number of ether oxygens (including phenoxy) is 1. The van der Waals surface area contributed by atoms with Crippen molar-refractivity contribution in [2.45, 2.75) is 24.9 Å². The number of carbonyl (C=O) groups is 1. The first-order valence-electron chi connectivity index (χ1n) is 6.78. The smallest absolute Gasteiger partial charge is 0.220 e. The van der Waals surface area contributed by atoms with Crippen LogP contribution < -0.4 is 5.32 Å². The molecule has 0 unspecified atom stereocenters. The summed E-state index contributed by atoms with van der Waals surface area (Å²) in [5.74, 6) is 2.13. The number of benzene rings is 1. The Kier molecular flexibility index (Phi) is 5.75. The van der Waals surface area contributed by atoms with Gasteiger partial charge in [0.05, 0.1) is 5.60 Å². The van der Waals surface area contributed by atoms with Crippen LogP contribution in [0.2, 0.25) is 5.02 Å². The maximum Gasteiger partial charge on any atom is 0.220 e. The summed E-state index contributed by atoms with van der Waals surface area (Å²) < 4.78 is 5.57. The van der Waals surface area contributed by atoms with E-state index in [1.807, 2.05) is 36.0 Å². The molecule has 0 bridgehead atoms. The third-order valence-corrected chi connectivity index (χ3v) is 5.10. The molecular weight excluding hydrogens is 294 g/mol. The largest absolute Gasteiger partial charge is 0.376 e. The fraction of sp³-hybridized carbons (Fsp3) is 0.533. The standard InChI is InChI=1S/C15H20ClNO2S/c1-19-15(7-8-20-11-15)10-17-14(18)6-5-12-3-2-4-13(16)9-12/h2-4,9H,5-8,10-11H2,1H3,(H,17,18)/t15-/m0/s1. The van der Waals surface area contributed by atoms with Crippen molar-refractivity contribution >= 4 is 29.3 Å². The van der Waals surface area contributed by atoms with Crippen molar-refractivity contribution in [3.63, 3.8) is 0 Å². The van der Waals surface area contributed by atoms with Crippen LogP contribution in [0.4, 0.5) is 0 Å². The molecule has 0 aromatic heterocycles. The average molecular weight is 314 g/mol. The first-order chi connectivity index (χ1) is 9.63. The number of hydrogen-bond donors (Lipinski definition) is 1. The highest BCUT2D eigenvalue weighted by Crippen LogP contribution is 2.30. The van der Waals surface area contributed by atoms with Crippen LogP contribution in [0.15, 0.2) is 24.3 Å². The molecule has 1 aromatic carbocycles. The summed E-state index contributed by atoms with van der Waals surface area (Å²) in [6.07, 6.45) is 2.19. The van der Waals surface area contributed by atoms with E-state index >= 15 is 0 Å². The molecule has 5 heteroatoms. The number of halogens is 1. The Morgan fingerprint density at radius 2 is 2.40 bits per heavy atom. The van der Waals surface area contributed by atoms with Crippen LogP contribution in [0, 0.1) is 0 Å². The van der Waals surface area contributed by atoms with Crippen LogP contribution in [0.25, 0.3) is 0 Å². The molecule has 1 aliphatic rings. The van der Waals surface area contributed by atoms with E-state index in [-0.39, 0.29) is 11.5 Å². The van der Waals surface area contributed by atoms with Crippen molar-refractivity contribution in [1.29, 1.82) is 0 Å². The van der Waals surface area contributed by atoms with Gasteiger partial charge in [-0.1, -0.05) is 23.7 Å². The van der Waals surface area contributed by atoms with E-state index in [1.54, 1.807) is 7.11 Å². The minimum Gasteiger partial charge on any atom is -0.376 e. The number of nitrogens with one attached hydrogen (secondary N) is 1. The Labute approximate surface area is 129 Å². The van der Waals surface area contributed by atoms with Gasteiger partial charge in [-0.25, -0.2) is 0 Å². The van der Waals surface area contributed by atoms with Gasteiger partial charge >= 0.3 is 0 Å². The highest BCUT2D eigenvalue weighted by Gasteiger charge is 2.34. The lowest BCUT2D eigenvalue weighted by molar-refractivity contribution is -0.122. The molecule has 20 heavy (non-hydrogen) atoms. The molecule has 1 aliphatic heterocycles.